The van der Waals surface area contributed by atoms with Crippen LogP contribution in [0.5, 0.6) is 0 Å². The predicted molar refractivity (Wildman–Crippen MR) is 98.6 cm³/mol. The number of carbonyl (C=O) groups is 1. The maximum absolute atomic E-state index is 11.2. The quantitative estimate of drug-likeness (QED) is 0.509. The minimum absolute atomic E-state index is 0.0150. The molecule has 0 saturated heterocycles. The van der Waals surface area contributed by atoms with Crippen LogP contribution in [0.2, 0.25) is 0 Å². The number of rotatable bonds is 7. The first-order chi connectivity index (χ1) is 13.0. The highest BCUT2D eigenvalue weighted by Crippen LogP contribution is 2.34. The lowest BCUT2D eigenvalue weighted by molar-refractivity contribution is -0.128. The van der Waals surface area contributed by atoms with Gasteiger partial charge in [0.25, 0.3) is 0 Å². The van der Waals surface area contributed by atoms with E-state index >= 15 is 0 Å². The zero-order chi connectivity index (χ0) is 19.4. The fraction of sp³-hybridized carbons (Fsp3) is 0.444. The molecule has 0 spiro atoms. The van der Waals surface area contributed by atoms with Gasteiger partial charge < -0.3 is 9.67 Å². The Morgan fingerprint density at radius 3 is 2.85 bits per heavy atom. The van der Waals surface area contributed by atoms with Crippen molar-refractivity contribution in [2.75, 3.05) is 13.2 Å². The van der Waals surface area contributed by atoms with E-state index in [1.807, 2.05) is 33.8 Å². The van der Waals surface area contributed by atoms with Gasteiger partial charge in [-0.2, -0.15) is 0 Å². The highest BCUT2D eigenvalue weighted by Gasteiger charge is 2.31. The topological polar surface area (TPSA) is 115 Å². The number of aromatic nitrogens is 2. The smallest absolute Gasteiger partial charge is 0.247 e. The van der Waals surface area contributed by atoms with E-state index in [2.05, 4.69) is 24.2 Å². The van der Waals surface area contributed by atoms with Crippen LogP contribution in [-0.4, -0.2) is 43.9 Å². The molecule has 1 unspecified atom stereocenters. The van der Waals surface area contributed by atoms with Gasteiger partial charge in [0.1, 0.15) is 11.9 Å². The molecule has 1 aromatic carbocycles. The number of para-hydroxylation sites is 2. The van der Waals surface area contributed by atoms with E-state index in [0.29, 0.717) is 18.8 Å². The van der Waals surface area contributed by atoms with Gasteiger partial charge in [-0.05, 0) is 24.1 Å². The van der Waals surface area contributed by atoms with Crippen LogP contribution >= 0.6 is 0 Å². The summed E-state index contributed by atoms with van der Waals surface area (Å²) < 4.78 is 2.02. The SMILES string of the molecule is CC(C)C(c1nc2ccccc2n1CCO)N1C/C(=C/CC(=O)NO)N=N1. The van der Waals surface area contributed by atoms with Crippen molar-refractivity contribution in [1.82, 2.24) is 20.0 Å². The molecule has 0 bridgehead atoms. The van der Waals surface area contributed by atoms with E-state index in [-0.39, 0.29) is 25.0 Å². The number of nitrogens with zero attached hydrogens (tertiary/aromatic N) is 5. The standard InChI is InChI=1S/C18H24N6O3/c1-12(2)17(24-11-13(20-22-24)7-8-16(26)21-27)18-19-14-5-3-4-6-15(14)23(18)9-10-25/h3-7,12,17,25,27H,8-11H2,1-2H3,(H,21,26)/b13-7-. The monoisotopic (exact) mass is 372 g/mol. The summed E-state index contributed by atoms with van der Waals surface area (Å²) in [6, 6.07) is 7.70. The van der Waals surface area contributed by atoms with E-state index in [1.165, 1.54) is 0 Å². The van der Waals surface area contributed by atoms with Gasteiger partial charge in [-0.3, -0.25) is 15.0 Å². The molecule has 0 aliphatic carbocycles. The van der Waals surface area contributed by atoms with Gasteiger partial charge in [0.15, 0.2) is 0 Å². The van der Waals surface area contributed by atoms with Crippen LogP contribution in [0.1, 0.15) is 32.1 Å². The number of hydrogen-bond acceptors (Lipinski definition) is 7. The number of amides is 1. The first-order valence-corrected chi connectivity index (χ1v) is 8.91. The molecule has 9 heteroatoms. The van der Waals surface area contributed by atoms with Crippen LogP contribution in [0.3, 0.4) is 0 Å². The van der Waals surface area contributed by atoms with Crippen LogP contribution in [0.4, 0.5) is 0 Å². The van der Waals surface area contributed by atoms with Crippen molar-refractivity contribution in [3.63, 3.8) is 0 Å². The van der Waals surface area contributed by atoms with E-state index in [1.54, 1.807) is 11.6 Å². The molecular weight excluding hydrogens is 348 g/mol. The number of fused-ring (bicyclic) bond motifs is 1. The molecule has 2 heterocycles. The Hall–Kier alpha value is -2.78. The molecule has 0 radical (unpaired) electrons. The Balaban J connectivity index is 1.91. The van der Waals surface area contributed by atoms with Gasteiger partial charge in [0, 0.05) is 13.0 Å². The molecule has 3 rings (SSSR count). The Bertz CT molecular complexity index is 873. The number of aliphatic hydroxyl groups excluding tert-OH is 1. The highest BCUT2D eigenvalue weighted by molar-refractivity contribution is 5.76. The third kappa shape index (κ3) is 3.99. The molecule has 1 aromatic heterocycles. The molecule has 1 aliphatic heterocycles. The molecule has 3 N–H and O–H groups in total. The van der Waals surface area contributed by atoms with Crippen LogP contribution in [0.15, 0.2) is 46.4 Å². The van der Waals surface area contributed by atoms with Crippen LogP contribution in [0.25, 0.3) is 11.0 Å². The van der Waals surface area contributed by atoms with Gasteiger partial charge in [0.05, 0.1) is 29.9 Å². The van der Waals surface area contributed by atoms with Crippen molar-refractivity contribution in [2.45, 2.75) is 32.9 Å². The average Bonchev–Trinajstić information content (AvgIpc) is 3.26. The van der Waals surface area contributed by atoms with Crippen molar-refractivity contribution in [2.24, 2.45) is 16.3 Å². The molecule has 2 aromatic rings. The average molecular weight is 372 g/mol. The number of hydrogen-bond donors (Lipinski definition) is 3. The second kappa shape index (κ2) is 8.28. The number of hydroxylamine groups is 1. The lowest BCUT2D eigenvalue weighted by atomic mass is 10.0. The molecule has 1 aliphatic rings. The maximum atomic E-state index is 11.2. The highest BCUT2D eigenvalue weighted by atomic mass is 16.5. The minimum Gasteiger partial charge on any atom is -0.395 e. The van der Waals surface area contributed by atoms with Crippen LogP contribution < -0.4 is 5.48 Å². The summed E-state index contributed by atoms with van der Waals surface area (Å²) >= 11 is 0. The Labute approximate surface area is 157 Å². The lowest BCUT2D eigenvalue weighted by Crippen LogP contribution is -2.29. The number of nitrogens with one attached hydrogen (secondary N) is 1. The third-order valence-corrected chi connectivity index (χ3v) is 4.48. The summed E-state index contributed by atoms with van der Waals surface area (Å²) in [5, 5.41) is 28.4. The van der Waals surface area contributed by atoms with Crippen molar-refractivity contribution in [1.29, 1.82) is 0 Å². The number of imidazole rings is 1. The van der Waals surface area contributed by atoms with Crippen molar-refractivity contribution >= 4 is 16.9 Å². The third-order valence-electron chi connectivity index (χ3n) is 4.48. The summed E-state index contributed by atoms with van der Waals surface area (Å²) in [4.78, 5) is 16.0. The normalized spacial score (nSPS) is 16.6. The van der Waals surface area contributed by atoms with Crippen LogP contribution in [0, 0.1) is 5.92 Å². The minimum atomic E-state index is -0.499. The van der Waals surface area contributed by atoms with E-state index in [9.17, 15) is 9.90 Å². The Morgan fingerprint density at radius 2 is 2.15 bits per heavy atom. The molecule has 144 valence electrons. The largest absolute Gasteiger partial charge is 0.395 e. The summed E-state index contributed by atoms with van der Waals surface area (Å²) in [6.07, 6.45) is 1.68. The van der Waals surface area contributed by atoms with Crippen LogP contribution in [-0.2, 0) is 11.3 Å². The first-order valence-electron chi connectivity index (χ1n) is 8.91. The first kappa shape index (κ1) is 19.0. The molecular formula is C18H24N6O3. The zero-order valence-corrected chi connectivity index (χ0v) is 15.4. The maximum Gasteiger partial charge on any atom is 0.247 e. The van der Waals surface area contributed by atoms with E-state index in [0.717, 1.165) is 16.9 Å². The second-order valence-electron chi connectivity index (χ2n) is 6.74. The Kier molecular flexibility index (Phi) is 5.82. The van der Waals surface area contributed by atoms with Crippen molar-refractivity contribution in [3.05, 3.63) is 41.9 Å². The van der Waals surface area contributed by atoms with Crippen molar-refractivity contribution in [3.8, 4) is 0 Å². The zero-order valence-electron chi connectivity index (χ0n) is 15.4. The molecule has 0 fully saturated rings. The fourth-order valence-electron chi connectivity index (χ4n) is 3.29. The molecule has 1 atom stereocenters. The fourth-order valence-corrected chi connectivity index (χ4v) is 3.29. The second-order valence-corrected chi connectivity index (χ2v) is 6.74. The number of carbonyl (C=O) groups excluding carboxylic acids is 1. The lowest BCUT2D eigenvalue weighted by Gasteiger charge is -2.28. The van der Waals surface area contributed by atoms with Gasteiger partial charge in [0.2, 0.25) is 5.91 Å². The van der Waals surface area contributed by atoms with Gasteiger partial charge in [-0.1, -0.05) is 31.2 Å². The van der Waals surface area contributed by atoms with Gasteiger partial charge in [-0.15, -0.1) is 5.11 Å². The summed E-state index contributed by atoms with van der Waals surface area (Å²) in [5.41, 5.74) is 4.10. The summed E-state index contributed by atoms with van der Waals surface area (Å²) in [5.74, 6) is 0.521. The number of benzene rings is 1. The molecule has 1 amide bonds. The van der Waals surface area contributed by atoms with Crippen molar-refractivity contribution < 1.29 is 15.1 Å². The van der Waals surface area contributed by atoms with E-state index < -0.39 is 5.91 Å². The van der Waals surface area contributed by atoms with Gasteiger partial charge in [-0.25, -0.2) is 10.5 Å². The van der Waals surface area contributed by atoms with E-state index in [4.69, 9.17) is 10.2 Å². The summed E-state index contributed by atoms with van der Waals surface area (Å²) in [7, 11) is 0. The summed E-state index contributed by atoms with van der Waals surface area (Å²) in [6.45, 7) is 5.09. The molecule has 9 nitrogen and oxygen atoms in total. The Morgan fingerprint density at radius 1 is 1.37 bits per heavy atom. The molecule has 27 heavy (non-hydrogen) atoms. The number of aliphatic hydroxyl groups is 1. The predicted octanol–water partition coefficient (Wildman–Crippen LogP) is 2.19. The molecule has 0 saturated carbocycles. The van der Waals surface area contributed by atoms with Gasteiger partial charge >= 0.3 is 0 Å².